The summed E-state index contributed by atoms with van der Waals surface area (Å²) in [5.74, 6) is -0.188. The molecule has 3 rings (SSSR count). The zero-order chi connectivity index (χ0) is 16.4. The Morgan fingerprint density at radius 1 is 1.17 bits per heavy atom. The van der Waals surface area contributed by atoms with Gasteiger partial charge in [-0.25, -0.2) is 4.39 Å². The van der Waals surface area contributed by atoms with Crippen molar-refractivity contribution in [2.24, 2.45) is 0 Å². The van der Waals surface area contributed by atoms with Gasteiger partial charge in [0.25, 0.3) is 5.91 Å². The van der Waals surface area contributed by atoms with Crippen LogP contribution in [0, 0.1) is 12.7 Å². The lowest BCUT2D eigenvalue weighted by molar-refractivity contribution is 0.102. The summed E-state index contributed by atoms with van der Waals surface area (Å²) in [6, 6.07) is 13.0. The van der Waals surface area contributed by atoms with Crippen LogP contribution in [0.3, 0.4) is 0 Å². The molecular weight excluding hydrogens is 295 g/mol. The number of benzene rings is 2. The van der Waals surface area contributed by atoms with Crippen molar-refractivity contribution in [1.82, 2.24) is 4.98 Å². The van der Waals surface area contributed by atoms with Crippen LogP contribution >= 0.6 is 0 Å². The Kier molecular flexibility index (Phi) is 3.93. The quantitative estimate of drug-likeness (QED) is 0.797. The second-order valence-corrected chi connectivity index (χ2v) is 5.13. The number of halogens is 1. The summed E-state index contributed by atoms with van der Waals surface area (Å²) in [4.78, 5) is 17.0. The number of carbonyl (C=O) groups excluding carboxylic acids is 1. The second kappa shape index (κ2) is 6.04. The number of carbonyl (C=O) groups is 1. The van der Waals surface area contributed by atoms with Crippen LogP contribution in [0.25, 0.3) is 10.9 Å². The minimum absolute atomic E-state index is 0.337. The molecule has 0 aliphatic carbocycles. The lowest BCUT2D eigenvalue weighted by atomic mass is 10.1. The summed E-state index contributed by atoms with van der Waals surface area (Å²) >= 11 is 0. The first-order valence-corrected chi connectivity index (χ1v) is 7.10. The topological polar surface area (TPSA) is 51.2 Å². The molecule has 0 saturated carbocycles. The number of nitrogens with one attached hydrogen (secondary N) is 1. The van der Waals surface area contributed by atoms with Crippen LogP contribution in [0.1, 0.15) is 16.1 Å². The van der Waals surface area contributed by atoms with Crippen molar-refractivity contribution >= 4 is 22.5 Å². The lowest BCUT2D eigenvalue weighted by Gasteiger charge is -2.12. The van der Waals surface area contributed by atoms with Gasteiger partial charge in [-0.2, -0.15) is 0 Å². The minimum Gasteiger partial charge on any atom is -0.495 e. The Morgan fingerprint density at radius 3 is 2.74 bits per heavy atom. The summed E-state index contributed by atoms with van der Waals surface area (Å²) in [7, 11) is 1.53. The molecule has 1 amide bonds. The summed E-state index contributed by atoms with van der Waals surface area (Å²) < 4.78 is 18.8. The van der Waals surface area contributed by atoms with E-state index in [2.05, 4.69) is 10.3 Å². The molecule has 0 saturated heterocycles. The fraction of sp³-hybridized carbons (Fsp3) is 0.111. The van der Waals surface area contributed by atoms with Crippen LogP contribution in [0.15, 0.2) is 48.5 Å². The van der Waals surface area contributed by atoms with Gasteiger partial charge in [0.1, 0.15) is 11.6 Å². The molecule has 0 spiro atoms. The third-order valence-corrected chi connectivity index (χ3v) is 3.50. The average molecular weight is 310 g/mol. The number of anilines is 1. The Morgan fingerprint density at radius 2 is 1.96 bits per heavy atom. The molecule has 0 radical (unpaired) electrons. The molecule has 0 fully saturated rings. The summed E-state index contributed by atoms with van der Waals surface area (Å²) in [6.45, 7) is 1.79. The first-order valence-electron chi connectivity index (χ1n) is 7.10. The molecule has 0 bridgehead atoms. The van der Waals surface area contributed by atoms with E-state index in [1.54, 1.807) is 37.3 Å². The molecule has 0 unspecified atom stereocenters. The number of aryl methyl sites for hydroxylation is 1. The van der Waals surface area contributed by atoms with Crippen LogP contribution < -0.4 is 10.1 Å². The Bertz CT molecular complexity index is 893. The molecule has 0 atom stereocenters. The largest absolute Gasteiger partial charge is 0.495 e. The number of pyridine rings is 1. The highest BCUT2D eigenvalue weighted by Gasteiger charge is 2.14. The second-order valence-electron chi connectivity index (χ2n) is 5.13. The lowest BCUT2D eigenvalue weighted by Crippen LogP contribution is -2.14. The van der Waals surface area contributed by atoms with E-state index in [0.29, 0.717) is 33.6 Å². The molecule has 1 aromatic heterocycles. The Balaban J connectivity index is 2.05. The zero-order valence-corrected chi connectivity index (χ0v) is 12.8. The number of para-hydroxylation sites is 2. The first-order chi connectivity index (χ1) is 11.1. The van der Waals surface area contributed by atoms with Gasteiger partial charge in [-0.1, -0.05) is 12.1 Å². The number of ether oxygens (including phenoxy) is 1. The van der Waals surface area contributed by atoms with Crippen LogP contribution in [0.2, 0.25) is 0 Å². The van der Waals surface area contributed by atoms with E-state index in [0.717, 1.165) is 0 Å². The van der Waals surface area contributed by atoms with E-state index in [-0.39, 0.29) is 5.91 Å². The fourth-order valence-corrected chi connectivity index (χ4v) is 2.46. The molecule has 116 valence electrons. The van der Waals surface area contributed by atoms with Gasteiger partial charge in [-0.05, 0) is 43.3 Å². The number of fused-ring (bicyclic) bond motifs is 1. The zero-order valence-electron chi connectivity index (χ0n) is 12.8. The van der Waals surface area contributed by atoms with Crippen molar-refractivity contribution in [2.45, 2.75) is 6.92 Å². The van der Waals surface area contributed by atoms with Crippen molar-refractivity contribution in [3.63, 3.8) is 0 Å². The molecule has 23 heavy (non-hydrogen) atoms. The summed E-state index contributed by atoms with van der Waals surface area (Å²) in [6.07, 6.45) is 0. The molecule has 2 aromatic carbocycles. The van der Waals surface area contributed by atoms with Crippen LogP contribution in [0.5, 0.6) is 5.75 Å². The molecule has 4 nitrogen and oxygen atoms in total. The molecule has 0 aliphatic rings. The number of nitrogens with zero attached hydrogens (tertiary/aromatic N) is 1. The standard InChI is InChI=1S/C18H15FN2O2/c1-11-9-14(13-10-12(19)7-8-15(13)20-11)18(22)21-16-5-3-4-6-17(16)23-2/h3-10H,1-2H3,(H,21,22). The van der Waals surface area contributed by atoms with E-state index in [1.165, 1.54) is 19.2 Å². The maximum absolute atomic E-state index is 13.5. The van der Waals surface area contributed by atoms with Crippen LogP contribution in [-0.4, -0.2) is 18.0 Å². The average Bonchev–Trinajstić information content (AvgIpc) is 2.55. The maximum atomic E-state index is 13.5. The van der Waals surface area contributed by atoms with Crippen LogP contribution in [-0.2, 0) is 0 Å². The highest BCUT2D eigenvalue weighted by Crippen LogP contribution is 2.25. The van der Waals surface area contributed by atoms with Crippen molar-refractivity contribution < 1.29 is 13.9 Å². The molecule has 1 heterocycles. The van der Waals surface area contributed by atoms with Gasteiger partial charge in [-0.3, -0.25) is 9.78 Å². The van der Waals surface area contributed by atoms with Gasteiger partial charge < -0.3 is 10.1 Å². The first kappa shape index (κ1) is 15.0. The Hall–Kier alpha value is -2.95. The third-order valence-electron chi connectivity index (χ3n) is 3.50. The number of methoxy groups -OCH3 is 1. The highest BCUT2D eigenvalue weighted by atomic mass is 19.1. The molecular formula is C18H15FN2O2. The highest BCUT2D eigenvalue weighted by molar-refractivity contribution is 6.12. The molecule has 3 aromatic rings. The molecule has 0 aliphatic heterocycles. The minimum atomic E-state index is -0.408. The van der Waals surface area contributed by atoms with Crippen molar-refractivity contribution in [1.29, 1.82) is 0 Å². The van der Waals surface area contributed by atoms with Gasteiger partial charge in [0.2, 0.25) is 0 Å². The molecule has 1 N–H and O–H groups in total. The van der Waals surface area contributed by atoms with E-state index >= 15 is 0 Å². The SMILES string of the molecule is COc1ccccc1NC(=O)c1cc(C)nc2ccc(F)cc12. The predicted octanol–water partition coefficient (Wildman–Crippen LogP) is 3.94. The maximum Gasteiger partial charge on any atom is 0.256 e. The van der Waals surface area contributed by atoms with Gasteiger partial charge in [0.15, 0.2) is 0 Å². The monoisotopic (exact) mass is 310 g/mol. The molecule has 5 heteroatoms. The normalized spacial score (nSPS) is 10.6. The van der Waals surface area contributed by atoms with Gasteiger partial charge in [0.05, 0.1) is 23.9 Å². The van der Waals surface area contributed by atoms with E-state index in [1.807, 2.05) is 6.07 Å². The van der Waals surface area contributed by atoms with Crippen molar-refractivity contribution in [3.8, 4) is 5.75 Å². The van der Waals surface area contributed by atoms with Gasteiger partial charge >= 0.3 is 0 Å². The number of rotatable bonds is 3. The number of hydrogen-bond acceptors (Lipinski definition) is 3. The van der Waals surface area contributed by atoms with E-state index < -0.39 is 5.82 Å². The number of aromatic nitrogens is 1. The third kappa shape index (κ3) is 2.99. The van der Waals surface area contributed by atoms with Crippen LogP contribution in [0.4, 0.5) is 10.1 Å². The van der Waals surface area contributed by atoms with Gasteiger partial charge in [0, 0.05) is 11.1 Å². The predicted molar refractivity (Wildman–Crippen MR) is 87.4 cm³/mol. The van der Waals surface area contributed by atoms with E-state index in [4.69, 9.17) is 4.74 Å². The number of amides is 1. The summed E-state index contributed by atoms with van der Waals surface area (Å²) in [5.41, 5.74) is 2.20. The smallest absolute Gasteiger partial charge is 0.256 e. The Labute approximate surface area is 132 Å². The number of hydrogen-bond donors (Lipinski definition) is 1. The van der Waals surface area contributed by atoms with Crippen molar-refractivity contribution in [3.05, 3.63) is 65.6 Å². The fourth-order valence-electron chi connectivity index (χ4n) is 2.46. The summed E-state index contributed by atoms with van der Waals surface area (Å²) in [5, 5.41) is 3.28. The van der Waals surface area contributed by atoms with Crippen molar-refractivity contribution in [2.75, 3.05) is 12.4 Å². The van der Waals surface area contributed by atoms with E-state index in [9.17, 15) is 9.18 Å². The van der Waals surface area contributed by atoms with Gasteiger partial charge in [-0.15, -0.1) is 0 Å².